The van der Waals surface area contributed by atoms with E-state index in [1.807, 2.05) is 0 Å². The van der Waals surface area contributed by atoms with Crippen molar-refractivity contribution in [3.63, 3.8) is 0 Å². The van der Waals surface area contributed by atoms with E-state index in [1.165, 1.54) is 0 Å². The monoisotopic (exact) mass is 282 g/mol. The summed E-state index contributed by atoms with van der Waals surface area (Å²) in [6, 6.07) is 0. The second kappa shape index (κ2) is 7.95. The lowest BCUT2D eigenvalue weighted by Gasteiger charge is -2.21. The van der Waals surface area contributed by atoms with E-state index in [4.69, 9.17) is 0 Å². The van der Waals surface area contributed by atoms with Gasteiger partial charge in [0.05, 0.1) is 0 Å². The summed E-state index contributed by atoms with van der Waals surface area (Å²) in [7, 11) is 0. The summed E-state index contributed by atoms with van der Waals surface area (Å²) in [5, 5.41) is 0. The zero-order valence-corrected chi connectivity index (χ0v) is 14.6. The molecule has 0 aromatic heterocycles. The highest BCUT2D eigenvalue weighted by molar-refractivity contribution is 5.82. The molecule has 0 N–H and O–H groups in total. The summed E-state index contributed by atoms with van der Waals surface area (Å²) in [5.41, 5.74) is 0.635. The van der Waals surface area contributed by atoms with Crippen LogP contribution in [0.2, 0.25) is 0 Å². The number of carbonyl (C=O) groups is 2. The maximum absolute atomic E-state index is 11.3. The minimum absolute atomic E-state index is 0.296. The first kappa shape index (κ1) is 19.3. The molecule has 1 saturated carbocycles. The van der Waals surface area contributed by atoms with Crippen LogP contribution < -0.4 is 0 Å². The predicted molar refractivity (Wildman–Crippen MR) is 85.8 cm³/mol. The molecule has 1 atom stereocenters. The molecular weight excluding hydrogens is 248 g/mol. The molecule has 0 aromatic rings. The number of hydrogen-bond donors (Lipinski definition) is 0. The van der Waals surface area contributed by atoms with Crippen LogP contribution in [0.4, 0.5) is 0 Å². The fourth-order valence-corrected chi connectivity index (χ4v) is 2.39. The van der Waals surface area contributed by atoms with Crippen LogP contribution in [0.25, 0.3) is 0 Å². The van der Waals surface area contributed by atoms with Gasteiger partial charge >= 0.3 is 0 Å². The molecule has 1 unspecified atom stereocenters. The van der Waals surface area contributed by atoms with Crippen LogP contribution in [0.5, 0.6) is 0 Å². The molecule has 2 nitrogen and oxygen atoms in total. The van der Waals surface area contributed by atoms with Crippen molar-refractivity contribution >= 4 is 11.6 Å². The summed E-state index contributed by atoms with van der Waals surface area (Å²) < 4.78 is 0. The number of carbonyl (C=O) groups excluding carboxylic acids is 2. The summed E-state index contributed by atoms with van der Waals surface area (Å²) in [5.74, 6) is 1.18. The maximum Gasteiger partial charge on any atom is 0.135 e. The summed E-state index contributed by atoms with van der Waals surface area (Å²) in [6.45, 7) is 14.7. The molecule has 118 valence electrons. The second-order valence-corrected chi connectivity index (χ2v) is 8.58. The zero-order valence-electron chi connectivity index (χ0n) is 14.6. The van der Waals surface area contributed by atoms with Gasteiger partial charge in [-0.1, -0.05) is 41.5 Å². The lowest BCUT2D eigenvalue weighted by atomic mass is 9.84. The first-order valence-corrected chi connectivity index (χ1v) is 7.93. The van der Waals surface area contributed by atoms with Crippen molar-refractivity contribution < 1.29 is 9.59 Å². The molecule has 0 aromatic carbocycles. The van der Waals surface area contributed by atoms with Gasteiger partial charge in [0.25, 0.3) is 0 Å². The molecule has 2 heteroatoms. The van der Waals surface area contributed by atoms with Crippen molar-refractivity contribution in [1.82, 2.24) is 0 Å². The van der Waals surface area contributed by atoms with E-state index in [0.717, 1.165) is 38.5 Å². The third-order valence-corrected chi connectivity index (χ3v) is 3.52. The van der Waals surface area contributed by atoms with Gasteiger partial charge in [0.2, 0.25) is 0 Å². The van der Waals surface area contributed by atoms with E-state index >= 15 is 0 Å². The van der Waals surface area contributed by atoms with Crippen LogP contribution in [-0.2, 0) is 9.59 Å². The van der Waals surface area contributed by atoms with Gasteiger partial charge in [-0.15, -0.1) is 0 Å². The molecule has 0 bridgehead atoms. The van der Waals surface area contributed by atoms with Crippen molar-refractivity contribution in [3.05, 3.63) is 0 Å². The Morgan fingerprint density at radius 2 is 1.65 bits per heavy atom. The van der Waals surface area contributed by atoms with E-state index in [2.05, 4.69) is 41.5 Å². The first-order chi connectivity index (χ1) is 8.91. The van der Waals surface area contributed by atoms with Crippen LogP contribution in [-0.4, -0.2) is 11.6 Å². The van der Waals surface area contributed by atoms with Crippen molar-refractivity contribution in [2.75, 3.05) is 0 Å². The molecule has 1 aliphatic carbocycles. The van der Waals surface area contributed by atoms with E-state index < -0.39 is 0 Å². The SMILES string of the molecule is CC(=O)CCC(C)(C)C.CC(C)(C)CC1CCCC1=O. The summed E-state index contributed by atoms with van der Waals surface area (Å²) in [6.07, 6.45) is 5.90. The fraction of sp³-hybridized carbons (Fsp3) is 0.889. The molecule has 20 heavy (non-hydrogen) atoms. The Balaban J connectivity index is 0.000000370. The Hall–Kier alpha value is -0.660. The summed E-state index contributed by atoms with van der Waals surface area (Å²) in [4.78, 5) is 21.7. The highest BCUT2D eigenvalue weighted by Crippen LogP contribution is 2.32. The van der Waals surface area contributed by atoms with Crippen LogP contribution >= 0.6 is 0 Å². The number of rotatable bonds is 3. The highest BCUT2D eigenvalue weighted by atomic mass is 16.1. The van der Waals surface area contributed by atoms with Gasteiger partial charge in [0.15, 0.2) is 0 Å². The van der Waals surface area contributed by atoms with Gasteiger partial charge in [-0.25, -0.2) is 0 Å². The molecule has 1 fully saturated rings. The Morgan fingerprint density at radius 1 is 1.10 bits per heavy atom. The first-order valence-electron chi connectivity index (χ1n) is 7.93. The Bertz CT molecular complexity index is 315. The van der Waals surface area contributed by atoms with Crippen LogP contribution in [0, 0.1) is 16.7 Å². The molecular formula is C18H34O2. The Labute approximate surface area is 125 Å². The molecule has 1 aliphatic rings. The van der Waals surface area contributed by atoms with Gasteiger partial charge in [-0.05, 0) is 43.4 Å². The van der Waals surface area contributed by atoms with Gasteiger partial charge in [0, 0.05) is 18.8 Å². The number of hydrogen-bond acceptors (Lipinski definition) is 2. The third-order valence-electron chi connectivity index (χ3n) is 3.52. The number of ketones is 2. The lowest BCUT2D eigenvalue weighted by molar-refractivity contribution is -0.121. The van der Waals surface area contributed by atoms with Crippen LogP contribution in [0.1, 0.15) is 87.0 Å². The van der Waals surface area contributed by atoms with Crippen molar-refractivity contribution in [2.24, 2.45) is 16.7 Å². The van der Waals surface area contributed by atoms with Crippen LogP contribution in [0.3, 0.4) is 0 Å². The van der Waals surface area contributed by atoms with Crippen molar-refractivity contribution in [3.8, 4) is 0 Å². The third kappa shape index (κ3) is 11.2. The average molecular weight is 282 g/mol. The van der Waals surface area contributed by atoms with Gasteiger partial charge in [0.1, 0.15) is 11.6 Å². The lowest BCUT2D eigenvalue weighted by Crippen LogP contribution is -2.16. The van der Waals surface area contributed by atoms with Gasteiger partial charge < -0.3 is 4.79 Å². The zero-order chi connectivity index (χ0) is 16.0. The Kier molecular flexibility index (Phi) is 7.69. The fourth-order valence-electron chi connectivity index (χ4n) is 2.39. The maximum atomic E-state index is 11.3. The van der Waals surface area contributed by atoms with Crippen molar-refractivity contribution in [2.45, 2.75) is 87.0 Å². The molecule has 0 heterocycles. The summed E-state index contributed by atoms with van der Waals surface area (Å²) >= 11 is 0. The smallest absolute Gasteiger partial charge is 0.135 e. The molecule has 0 radical (unpaired) electrons. The van der Waals surface area contributed by atoms with Gasteiger partial charge in [-0.3, -0.25) is 4.79 Å². The van der Waals surface area contributed by atoms with E-state index in [1.54, 1.807) is 6.92 Å². The quantitative estimate of drug-likeness (QED) is 0.713. The average Bonchev–Trinajstić information content (AvgIpc) is 2.59. The minimum Gasteiger partial charge on any atom is -0.300 e. The molecule has 0 amide bonds. The molecule has 0 aliphatic heterocycles. The largest absolute Gasteiger partial charge is 0.300 e. The van der Waals surface area contributed by atoms with Gasteiger partial charge in [-0.2, -0.15) is 0 Å². The minimum atomic E-state index is 0.296. The molecule has 0 spiro atoms. The highest BCUT2D eigenvalue weighted by Gasteiger charge is 2.28. The predicted octanol–water partition coefficient (Wildman–Crippen LogP) is 5.19. The molecule has 0 saturated heterocycles. The normalized spacial score (nSPS) is 19.6. The van der Waals surface area contributed by atoms with E-state index in [-0.39, 0.29) is 0 Å². The topological polar surface area (TPSA) is 34.1 Å². The standard InChI is InChI=1S/C10H18O.C8H16O/c1-10(2,3)7-8-5-4-6-9(8)11;1-7(9)5-6-8(2,3)4/h8H,4-7H2,1-3H3;5-6H2,1-4H3. The second-order valence-electron chi connectivity index (χ2n) is 8.58. The number of Topliss-reactive ketones (excluding diaryl/α,β-unsaturated/α-hetero) is 2. The Morgan fingerprint density at radius 3 is 1.90 bits per heavy atom. The van der Waals surface area contributed by atoms with Crippen molar-refractivity contribution in [1.29, 1.82) is 0 Å². The van der Waals surface area contributed by atoms with E-state index in [0.29, 0.717) is 28.3 Å². The molecule has 1 rings (SSSR count). The van der Waals surface area contributed by atoms with E-state index in [9.17, 15) is 9.59 Å². The van der Waals surface area contributed by atoms with Crippen LogP contribution in [0.15, 0.2) is 0 Å².